The van der Waals surface area contributed by atoms with Crippen LogP contribution in [0, 0.1) is 17.0 Å². The highest BCUT2D eigenvalue weighted by Crippen LogP contribution is 2.33. The molecule has 0 aliphatic heterocycles. The number of benzene rings is 2. The van der Waals surface area contributed by atoms with E-state index in [1.807, 2.05) is 58.0 Å². The topological polar surface area (TPSA) is 115 Å². The van der Waals surface area contributed by atoms with E-state index in [2.05, 4.69) is 10.3 Å². The molecule has 0 saturated heterocycles. The van der Waals surface area contributed by atoms with Crippen LogP contribution in [0.4, 0.5) is 20.6 Å². The minimum Gasteiger partial charge on any atom is -0.443 e. The van der Waals surface area contributed by atoms with E-state index in [0.29, 0.717) is 23.4 Å². The van der Waals surface area contributed by atoms with Gasteiger partial charge < -0.3 is 4.74 Å². The van der Waals surface area contributed by atoms with E-state index >= 15 is 0 Å². The van der Waals surface area contributed by atoms with E-state index in [1.54, 1.807) is 23.1 Å². The number of carbonyl (C=O) groups excluding carboxylic acids is 2. The number of amides is 2. The molecule has 0 saturated carbocycles. The largest absolute Gasteiger partial charge is 0.443 e. The van der Waals surface area contributed by atoms with Gasteiger partial charge in [0.1, 0.15) is 11.3 Å². The number of ether oxygens (including phenoxy) is 1. The molecule has 0 radical (unpaired) electrons. The van der Waals surface area contributed by atoms with Crippen molar-refractivity contribution in [2.45, 2.75) is 53.1 Å². The van der Waals surface area contributed by atoms with Crippen LogP contribution in [0.2, 0.25) is 0 Å². The number of nitrogens with one attached hydrogen (secondary N) is 1. The Hall–Kier alpha value is -3.79. The van der Waals surface area contributed by atoms with Crippen LogP contribution in [-0.4, -0.2) is 34.1 Å². The molecule has 0 atom stereocenters. The fourth-order valence-corrected chi connectivity index (χ4v) is 4.27. The molecule has 36 heavy (non-hydrogen) atoms. The van der Waals surface area contributed by atoms with Crippen molar-refractivity contribution in [1.82, 2.24) is 4.98 Å². The third-order valence-corrected chi connectivity index (χ3v) is 6.18. The molecule has 3 rings (SSSR count). The van der Waals surface area contributed by atoms with Gasteiger partial charge in [-0.05, 0) is 74.8 Å². The molecule has 2 aromatic carbocycles. The molecule has 0 aliphatic rings. The molecule has 0 unspecified atom stereocenters. The van der Waals surface area contributed by atoms with Gasteiger partial charge >= 0.3 is 11.1 Å². The Morgan fingerprint density at radius 3 is 2.44 bits per heavy atom. The lowest BCUT2D eigenvalue weighted by Gasteiger charge is -2.28. The van der Waals surface area contributed by atoms with Crippen molar-refractivity contribution < 1.29 is 19.2 Å². The summed E-state index contributed by atoms with van der Waals surface area (Å²) < 4.78 is 5.63. The number of carbonyl (C=O) groups is 2. The van der Waals surface area contributed by atoms with Crippen molar-refractivity contribution in [1.29, 1.82) is 0 Å². The van der Waals surface area contributed by atoms with Crippen LogP contribution in [0.15, 0.2) is 48.5 Å². The molecule has 0 spiro atoms. The number of aryl methyl sites for hydroxylation is 1. The highest BCUT2D eigenvalue weighted by atomic mass is 32.1. The van der Waals surface area contributed by atoms with Crippen LogP contribution in [0.25, 0.3) is 11.1 Å². The number of hydrogen-bond acceptors (Lipinski definition) is 7. The van der Waals surface area contributed by atoms with Gasteiger partial charge in [-0.25, -0.2) is 9.78 Å². The molecule has 1 heterocycles. The first-order chi connectivity index (χ1) is 17.0. The SMILES string of the molecule is CCCCN(C(=O)OC(C)(C)C)c1ccc(C(=O)Nc2nc(C)c([N+](=O)[O-])s2)c(-c2ccccc2)c1. The lowest BCUT2D eigenvalue weighted by molar-refractivity contribution is -0.380. The Bertz CT molecular complexity index is 1250. The Kier molecular flexibility index (Phi) is 8.41. The zero-order valence-corrected chi connectivity index (χ0v) is 21.8. The molecular weight excluding hydrogens is 480 g/mol. The van der Waals surface area contributed by atoms with Crippen LogP contribution in [0.3, 0.4) is 0 Å². The summed E-state index contributed by atoms with van der Waals surface area (Å²) in [5, 5.41) is 13.9. The number of aromatic nitrogens is 1. The predicted molar refractivity (Wildman–Crippen MR) is 142 cm³/mol. The predicted octanol–water partition coefficient (Wildman–Crippen LogP) is 6.82. The summed E-state index contributed by atoms with van der Waals surface area (Å²) in [5.41, 5.74) is 1.93. The smallest absolute Gasteiger partial charge is 0.414 e. The minimum absolute atomic E-state index is 0.118. The summed E-state index contributed by atoms with van der Waals surface area (Å²) in [7, 11) is 0. The van der Waals surface area contributed by atoms with Gasteiger partial charge in [-0.2, -0.15) is 0 Å². The maximum Gasteiger partial charge on any atom is 0.414 e. The first-order valence-corrected chi connectivity index (χ1v) is 12.4. The van der Waals surface area contributed by atoms with Gasteiger partial charge in [0.2, 0.25) is 0 Å². The van der Waals surface area contributed by atoms with Crippen LogP contribution < -0.4 is 10.2 Å². The van der Waals surface area contributed by atoms with Gasteiger partial charge in [0.15, 0.2) is 5.13 Å². The number of nitro groups is 1. The fourth-order valence-electron chi connectivity index (χ4n) is 3.49. The molecule has 3 aromatic rings. The lowest BCUT2D eigenvalue weighted by atomic mass is 9.98. The monoisotopic (exact) mass is 510 g/mol. The van der Waals surface area contributed by atoms with Crippen molar-refractivity contribution in [3.05, 3.63) is 69.9 Å². The molecule has 1 N–H and O–H groups in total. The van der Waals surface area contributed by atoms with E-state index in [4.69, 9.17) is 4.74 Å². The molecule has 190 valence electrons. The average molecular weight is 511 g/mol. The molecule has 0 bridgehead atoms. The molecule has 1 aromatic heterocycles. The van der Waals surface area contributed by atoms with Crippen LogP contribution in [-0.2, 0) is 4.74 Å². The van der Waals surface area contributed by atoms with Gasteiger partial charge in [0.25, 0.3) is 5.91 Å². The fraction of sp³-hybridized carbons (Fsp3) is 0.346. The van der Waals surface area contributed by atoms with Gasteiger partial charge in [0.05, 0.1) is 4.92 Å². The summed E-state index contributed by atoms with van der Waals surface area (Å²) in [6.07, 6.45) is 1.22. The Morgan fingerprint density at radius 2 is 1.86 bits per heavy atom. The van der Waals surface area contributed by atoms with E-state index in [9.17, 15) is 19.7 Å². The van der Waals surface area contributed by atoms with E-state index in [-0.39, 0.29) is 15.8 Å². The van der Waals surface area contributed by atoms with Crippen molar-refractivity contribution in [3.8, 4) is 11.1 Å². The Balaban J connectivity index is 2.02. The summed E-state index contributed by atoms with van der Waals surface area (Å²) >= 11 is 0.807. The molecule has 10 heteroatoms. The summed E-state index contributed by atoms with van der Waals surface area (Å²) in [4.78, 5) is 42.6. The summed E-state index contributed by atoms with van der Waals surface area (Å²) in [6, 6.07) is 14.5. The number of rotatable bonds is 8. The van der Waals surface area contributed by atoms with Gasteiger partial charge in [-0.15, -0.1) is 0 Å². The molecule has 2 amide bonds. The minimum atomic E-state index is -0.655. The number of thiazole rings is 1. The Morgan fingerprint density at radius 1 is 1.17 bits per heavy atom. The maximum atomic E-state index is 13.3. The molecule has 0 aliphatic carbocycles. The van der Waals surface area contributed by atoms with Crippen LogP contribution in [0.5, 0.6) is 0 Å². The third kappa shape index (κ3) is 6.66. The summed E-state index contributed by atoms with van der Waals surface area (Å²) in [5.74, 6) is -0.457. The standard InChI is InChI=1S/C26H30N4O5S/c1-6-7-15-29(25(32)35-26(3,4)5)19-13-14-20(21(16-19)18-11-9-8-10-12-18)22(31)28-24-27-17(2)23(36-24)30(33)34/h8-14,16H,6-7,15H2,1-5H3,(H,27,28,31). The molecule has 9 nitrogen and oxygen atoms in total. The van der Waals surface area contributed by atoms with Crippen LogP contribution in [0.1, 0.15) is 56.6 Å². The van der Waals surface area contributed by atoms with Crippen LogP contribution >= 0.6 is 11.3 Å². The van der Waals surface area contributed by atoms with Gasteiger partial charge in [-0.1, -0.05) is 43.7 Å². The second kappa shape index (κ2) is 11.3. The van der Waals surface area contributed by atoms with E-state index < -0.39 is 22.5 Å². The summed E-state index contributed by atoms with van der Waals surface area (Å²) in [6.45, 7) is 9.48. The van der Waals surface area contributed by atoms with Gasteiger partial charge in [-0.3, -0.25) is 25.1 Å². The highest BCUT2D eigenvalue weighted by molar-refractivity contribution is 7.19. The lowest BCUT2D eigenvalue weighted by Crippen LogP contribution is -2.37. The second-order valence-electron chi connectivity index (χ2n) is 9.20. The second-order valence-corrected chi connectivity index (χ2v) is 10.2. The van der Waals surface area contributed by atoms with Gasteiger partial charge in [0, 0.05) is 17.8 Å². The maximum absolute atomic E-state index is 13.3. The first-order valence-electron chi connectivity index (χ1n) is 11.6. The molecular formula is C26H30N4O5S. The average Bonchev–Trinajstić information content (AvgIpc) is 3.18. The first kappa shape index (κ1) is 26.8. The van der Waals surface area contributed by atoms with E-state index in [0.717, 1.165) is 29.7 Å². The third-order valence-electron chi connectivity index (χ3n) is 5.15. The number of hydrogen-bond donors (Lipinski definition) is 1. The zero-order valence-electron chi connectivity index (χ0n) is 21.0. The molecule has 0 fully saturated rings. The highest BCUT2D eigenvalue weighted by Gasteiger charge is 2.25. The van der Waals surface area contributed by atoms with E-state index in [1.165, 1.54) is 6.92 Å². The van der Waals surface area contributed by atoms with Crippen molar-refractivity contribution in [2.24, 2.45) is 0 Å². The Labute approximate surface area is 214 Å². The van der Waals surface area contributed by atoms with Crippen molar-refractivity contribution in [2.75, 3.05) is 16.8 Å². The number of unbranched alkanes of at least 4 members (excludes halogenated alkanes) is 1. The number of nitrogens with zero attached hydrogens (tertiary/aromatic N) is 3. The van der Waals surface area contributed by atoms with Crippen molar-refractivity contribution >= 4 is 39.2 Å². The number of anilines is 2. The normalized spacial score (nSPS) is 11.1. The quantitative estimate of drug-likeness (QED) is 0.263. The van der Waals surface area contributed by atoms with Crippen molar-refractivity contribution in [3.63, 3.8) is 0 Å². The zero-order chi connectivity index (χ0) is 26.5.